The Kier molecular flexibility index (Phi) is 5.54. The molecule has 0 unspecified atom stereocenters. The average molecular weight is 502 g/mol. The number of hydrogen-bond donors (Lipinski definition) is 1. The molecule has 0 amide bonds. The summed E-state index contributed by atoms with van der Waals surface area (Å²) in [5.74, 6) is 0.756. The Bertz CT molecular complexity index is 1570. The van der Waals surface area contributed by atoms with E-state index >= 15 is 0 Å². The Hall–Kier alpha value is -3.28. The molecule has 0 saturated heterocycles. The first-order chi connectivity index (χ1) is 17.0. The molecule has 176 valence electrons. The maximum atomic E-state index is 6.55. The number of pyridine rings is 1. The number of H-pyrrole nitrogens is 1. The van der Waals surface area contributed by atoms with E-state index in [1.54, 1.807) is 12.3 Å². The molecule has 1 aliphatic heterocycles. The van der Waals surface area contributed by atoms with Crippen LogP contribution < -0.4 is 4.90 Å². The van der Waals surface area contributed by atoms with Gasteiger partial charge in [0.2, 0.25) is 0 Å². The van der Waals surface area contributed by atoms with Crippen molar-refractivity contribution >= 4 is 39.9 Å². The fourth-order valence-corrected chi connectivity index (χ4v) is 5.66. The first-order valence-electron chi connectivity index (χ1n) is 11.9. The number of aryl methyl sites for hydroxylation is 2. The molecule has 3 aromatic heterocycles. The summed E-state index contributed by atoms with van der Waals surface area (Å²) in [6, 6.07) is 16.9. The molecule has 1 aliphatic rings. The monoisotopic (exact) mass is 501 g/mol. The Morgan fingerprint density at radius 1 is 1.09 bits per heavy atom. The molecule has 0 atom stereocenters. The van der Waals surface area contributed by atoms with Crippen molar-refractivity contribution < 1.29 is 0 Å². The number of aromatic amines is 1. The molecule has 0 bridgehead atoms. The molecule has 4 heterocycles. The maximum Gasteiger partial charge on any atom is 0.147 e. The van der Waals surface area contributed by atoms with E-state index in [-0.39, 0.29) is 0 Å². The van der Waals surface area contributed by atoms with E-state index in [0.717, 1.165) is 47.7 Å². The molecule has 6 rings (SSSR count). The van der Waals surface area contributed by atoms with Gasteiger partial charge in [0.05, 0.1) is 27.1 Å². The van der Waals surface area contributed by atoms with Gasteiger partial charge in [-0.25, -0.2) is 9.67 Å². The normalized spacial score (nSPS) is 13.4. The van der Waals surface area contributed by atoms with Gasteiger partial charge in [-0.05, 0) is 48.7 Å². The van der Waals surface area contributed by atoms with Crippen LogP contribution in [0, 0.1) is 6.92 Å². The number of nitrogens with one attached hydrogen (secondary N) is 1. The largest absolute Gasteiger partial charge is 0.361 e. The Balaban J connectivity index is 1.56. The van der Waals surface area contributed by atoms with Crippen LogP contribution in [0.25, 0.3) is 27.8 Å². The summed E-state index contributed by atoms with van der Waals surface area (Å²) in [7, 11) is 0. The zero-order chi connectivity index (χ0) is 24.1. The van der Waals surface area contributed by atoms with E-state index in [0.29, 0.717) is 16.6 Å². The molecule has 0 aliphatic carbocycles. The van der Waals surface area contributed by atoms with Crippen LogP contribution >= 0.6 is 23.2 Å². The number of rotatable bonds is 4. The quantitative estimate of drug-likeness (QED) is 0.284. The van der Waals surface area contributed by atoms with Crippen LogP contribution in [0.1, 0.15) is 29.3 Å². The van der Waals surface area contributed by atoms with Gasteiger partial charge in [-0.1, -0.05) is 54.4 Å². The number of anilines is 1. The molecule has 0 fully saturated rings. The second kappa shape index (κ2) is 8.74. The van der Waals surface area contributed by atoms with E-state index in [1.807, 2.05) is 6.20 Å². The van der Waals surface area contributed by atoms with Crippen molar-refractivity contribution in [2.24, 2.45) is 0 Å². The summed E-state index contributed by atoms with van der Waals surface area (Å²) < 4.78 is 2.17. The highest BCUT2D eigenvalue weighted by molar-refractivity contribution is 6.36. The number of hydrogen-bond acceptors (Lipinski definition) is 3. The van der Waals surface area contributed by atoms with Gasteiger partial charge in [0, 0.05) is 53.9 Å². The Morgan fingerprint density at radius 3 is 2.80 bits per heavy atom. The standard InChI is InChI=1S/C28H25Cl2N5/c1-3-18-6-4-5-17(2)26(18)35-27(20-7-8-24-19(13-20)9-11-31-24)22-16-34(12-10-25(22)33-35)28-23(30)14-21(29)15-32-28/h4-9,11,13-15,31H,3,10,12,16H2,1-2H3. The van der Waals surface area contributed by atoms with Crippen LogP contribution in [0.15, 0.2) is 60.9 Å². The van der Waals surface area contributed by atoms with Crippen LogP contribution in [-0.4, -0.2) is 26.3 Å². The van der Waals surface area contributed by atoms with Crippen LogP contribution in [0.3, 0.4) is 0 Å². The van der Waals surface area contributed by atoms with Crippen molar-refractivity contribution in [1.29, 1.82) is 0 Å². The summed E-state index contributed by atoms with van der Waals surface area (Å²) >= 11 is 12.7. The lowest BCUT2D eigenvalue weighted by Gasteiger charge is -2.28. The molecule has 5 aromatic rings. The lowest BCUT2D eigenvalue weighted by Crippen LogP contribution is -2.31. The van der Waals surface area contributed by atoms with Crippen molar-refractivity contribution in [3.63, 3.8) is 0 Å². The van der Waals surface area contributed by atoms with Gasteiger partial charge >= 0.3 is 0 Å². The maximum absolute atomic E-state index is 6.55. The Labute approximate surface area is 214 Å². The van der Waals surface area contributed by atoms with Gasteiger partial charge in [0.15, 0.2) is 0 Å². The first-order valence-corrected chi connectivity index (χ1v) is 12.6. The van der Waals surface area contributed by atoms with Crippen molar-refractivity contribution in [3.05, 3.63) is 93.4 Å². The molecule has 2 aromatic carbocycles. The van der Waals surface area contributed by atoms with Crippen LogP contribution in [-0.2, 0) is 19.4 Å². The highest BCUT2D eigenvalue weighted by atomic mass is 35.5. The topological polar surface area (TPSA) is 49.7 Å². The van der Waals surface area contributed by atoms with Crippen molar-refractivity contribution in [1.82, 2.24) is 19.7 Å². The fraction of sp³-hybridized carbons (Fsp3) is 0.214. The Morgan fingerprint density at radius 2 is 1.97 bits per heavy atom. The zero-order valence-electron chi connectivity index (χ0n) is 19.6. The van der Waals surface area contributed by atoms with Gasteiger partial charge in [0.25, 0.3) is 0 Å². The lowest BCUT2D eigenvalue weighted by molar-refractivity contribution is 0.706. The summed E-state index contributed by atoms with van der Waals surface area (Å²) in [5.41, 5.74) is 9.40. The number of halogens is 2. The van der Waals surface area contributed by atoms with Gasteiger partial charge in [-0.3, -0.25) is 0 Å². The minimum atomic E-state index is 0.538. The smallest absolute Gasteiger partial charge is 0.147 e. The van der Waals surface area contributed by atoms with Crippen molar-refractivity contribution in [2.75, 3.05) is 11.4 Å². The molecule has 0 spiro atoms. The summed E-state index contributed by atoms with van der Waals surface area (Å²) in [5, 5.41) is 7.49. The van der Waals surface area contributed by atoms with E-state index < -0.39 is 0 Å². The van der Waals surface area contributed by atoms with E-state index in [2.05, 4.69) is 75.9 Å². The number of fused-ring (bicyclic) bond motifs is 2. The molecule has 0 saturated carbocycles. The molecule has 7 heteroatoms. The van der Waals surface area contributed by atoms with Crippen LogP contribution in [0.2, 0.25) is 10.0 Å². The fourth-order valence-electron chi connectivity index (χ4n) is 5.16. The lowest BCUT2D eigenvalue weighted by atomic mass is 9.99. The average Bonchev–Trinajstić information content (AvgIpc) is 3.47. The van der Waals surface area contributed by atoms with Crippen LogP contribution in [0.4, 0.5) is 5.82 Å². The third-order valence-corrected chi connectivity index (χ3v) is 7.35. The molecule has 1 N–H and O–H groups in total. The third kappa shape index (κ3) is 3.79. The van der Waals surface area contributed by atoms with Gasteiger partial charge < -0.3 is 9.88 Å². The number of aromatic nitrogens is 4. The van der Waals surface area contributed by atoms with Crippen molar-refractivity contribution in [2.45, 2.75) is 33.2 Å². The SMILES string of the molecule is CCc1cccc(C)c1-n1nc2c(c1-c1ccc3[nH]ccc3c1)CN(c1ncc(Cl)cc1Cl)CC2. The highest BCUT2D eigenvalue weighted by Gasteiger charge is 2.29. The predicted octanol–water partition coefficient (Wildman–Crippen LogP) is 7.16. The number of benzene rings is 2. The van der Waals surface area contributed by atoms with Crippen LogP contribution in [0.5, 0.6) is 0 Å². The molecule has 5 nitrogen and oxygen atoms in total. The third-order valence-electron chi connectivity index (χ3n) is 6.86. The van der Waals surface area contributed by atoms with E-state index in [1.165, 1.54) is 27.8 Å². The summed E-state index contributed by atoms with van der Waals surface area (Å²) in [6.07, 6.45) is 5.39. The number of para-hydroxylation sites is 1. The summed E-state index contributed by atoms with van der Waals surface area (Å²) in [4.78, 5) is 10.1. The second-order valence-electron chi connectivity index (χ2n) is 9.03. The second-order valence-corrected chi connectivity index (χ2v) is 9.88. The van der Waals surface area contributed by atoms with Crippen molar-refractivity contribution in [3.8, 4) is 16.9 Å². The summed E-state index contributed by atoms with van der Waals surface area (Å²) in [6.45, 7) is 5.84. The van der Waals surface area contributed by atoms with E-state index in [4.69, 9.17) is 28.3 Å². The first kappa shape index (κ1) is 22.2. The molecule has 35 heavy (non-hydrogen) atoms. The molecule has 0 radical (unpaired) electrons. The highest BCUT2D eigenvalue weighted by Crippen LogP contribution is 2.38. The minimum absolute atomic E-state index is 0.538. The minimum Gasteiger partial charge on any atom is -0.361 e. The number of nitrogens with zero attached hydrogens (tertiary/aromatic N) is 4. The predicted molar refractivity (Wildman–Crippen MR) is 144 cm³/mol. The van der Waals surface area contributed by atoms with Gasteiger partial charge in [-0.15, -0.1) is 0 Å². The van der Waals surface area contributed by atoms with E-state index in [9.17, 15) is 0 Å². The van der Waals surface area contributed by atoms with Gasteiger partial charge in [-0.2, -0.15) is 5.10 Å². The molecular weight excluding hydrogens is 477 g/mol. The zero-order valence-corrected chi connectivity index (χ0v) is 21.2. The van der Waals surface area contributed by atoms with Gasteiger partial charge in [0.1, 0.15) is 5.82 Å². The molecular formula is C28H25Cl2N5.